The first-order valence-electron chi connectivity index (χ1n) is 8.93. The van der Waals surface area contributed by atoms with E-state index in [0.29, 0.717) is 24.1 Å². The number of nitro groups is 1. The highest BCUT2D eigenvalue weighted by Crippen LogP contribution is 2.30. The minimum absolute atomic E-state index is 0.0603. The van der Waals surface area contributed by atoms with Crippen LogP contribution < -0.4 is 10.1 Å². The van der Waals surface area contributed by atoms with Crippen LogP contribution in [0.15, 0.2) is 60.3 Å². The largest absolute Gasteiger partial charge is 0.494 e. The van der Waals surface area contributed by atoms with Gasteiger partial charge in [-0.1, -0.05) is 30.0 Å². The molecule has 0 saturated carbocycles. The summed E-state index contributed by atoms with van der Waals surface area (Å²) in [5, 5.41) is 14.6. The van der Waals surface area contributed by atoms with Gasteiger partial charge in [0.25, 0.3) is 5.69 Å². The number of aromatic nitrogens is 2. The minimum Gasteiger partial charge on any atom is -0.494 e. The lowest BCUT2D eigenvalue weighted by atomic mass is 10.2. The van der Waals surface area contributed by atoms with E-state index in [1.54, 1.807) is 19.1 Å². The Labute approximate surface area is 171 Å². The fourth-order valence-corrected chi connectivity index (χ4v) is 3.63. The predicted molar refractivity (Wildman–Crippen MR) is 114 cm³/mol. The van der Waals surface area contributed by atoms with E-state index in [-0.39, 0.29) is 23.0 Å². The molecule has 0 spiro atoms. The van der Waals surface area contributed by atoms with Gasteiger partial charge in [-0.25, -0.2) is 4.98 Å². The van der Waals surface area contributed by atoms with Gasteiger partial charge in [-0.15, -0.1) is 6.58 Å². The smallest absolute Gasteiger partial charge is 0.296 e. The Morgan fingerprint density at radius 1 is 1.38 bits per heavy atom. The molecule has 1 aromatic heterocycles. The Morgan fingerprint density at radius 3 is 2.90 bits per heavy atom. The average molecular weight is 412 g/mol. The molecule has 1 amide bonds. The number of ether oxygens (including phenoxy) is 1. The normalized spacial score (nSPS) is 10.7. The molecule has 0 unspecified atom stereocenters. The highest BCUT2D eigenvalue weighted by atomic mass is 32.2. The van der Waals surface area contributed by atoms with Crippen molar-refractivity contribution < 1.29 is 14.5 Å². The lowest BCUT2D eigenvalue weighted by Crippen LogP contribution is -2.15. The molecule has 150 valence electrons. The molecule has 9 heteroatoms. The van der Waals surface area contributed by atoms with Crippen LogP contribution in [0.3, 0.4) is 0 Å². The minimum atomic E-state index is -0.547. The van der Waals surface area contributed by atoms with Crippen molar-refractivity contribution in [3.63, 3.8) is 0 Å². The van der Waals surface area contributed by atoms with Gasteiger partial charge in [0.15, 0.2) is 5.16 Å². The van der Waals surface area contributed by atoms with E-state index in [4.69, 9.17) is 4.74 Å². The Morgan fingerprint density at radius 2 is 2.17 bits per heavy atom. The summed E-state index contributed by atoms with van der Waals surface area (Å²) < 4.78 is 7.26. The van der Waals surface area contributed by atoms with Crippen LogP contribution in [0.2, 0.25) is 0 Å². The first-order chi connectivity index (χ1) is 14.0. The van der Waals surface area contributed by atoms with E-state index in [1.807, 2.05) is 28.8 Å². The Hall–Kier alpha value is -3.33. The Balaban J connectivity index is 1.74. The number of thioether (sulfide) groups is 1. The van der Waals surface area contributed by atoms with Crippen molar-refractivity contribution in [2.45, 2.75) is 18.6 Å². The molecular formula is C20H20N4O4S. The lowest BCUT2D eigenvalue weighted by molar-refractivity contribution is -0.384. The topological polar surface area (TPSA) is 99.3 Å². The van der Waals surface area contributed by atoms with E-state index < -0.39 is 4.92 Å². The zero-order chi connectivity index (χ0) is 20.8. The number of hydrogen-bond donors (Lipinski definition) is 1. The molecule has 0 fully saturated rings. The molecule has 1 N–H and O–H groups in total. The molecule has 0 bridgehead atoms. The number of allylic oxidation sites excluding steroid dienone is 1. The molecule has 3 aromatic rings. The average Bonchev–Trinajstić information content (AvgIpc) is 3.05. The van der Waals surface area contributed by atoms with E-state index in [0.717, 1.165) is 11.0 Å². The summed E-state index contributed by atoms with van der Waals surface area (Å²) in [7, 11) is 0. The van der Waals surface area contributed by atoms with Crippen LogP contribution >= 0.6 is 11.8 Å². The van der Waals surface area contributed by atoms with Gasteiger partial charge in [-0.3, -0.25) is 14.9 Å². The molecule has 0 saturated heterocycles. The number of para-hydroxylation sites is 2. The van der Waals surface area contributed by atoms with Gasteiger partial charge < -0.3 is 14.6 Å². The number of fused-ring (bicyclic) bond motifs is 1. The first-order valence-corrected chi connectivity index (χ1v) is 9.92. The van der Waals surface area contributed by atoms with Gasteiger partial charge in [0, 0.05) is 6.54 Å². The van der Waals surface area contributed by atoms with Gasteiger partial charge in [0.05, 0.1) is 34.4 Å². The summed E-state index contributed by atoms with van der Waals surface area (Å²) in [6.07, 6.45) is 1.77. The molecular weight excluding hydrogens is 392 g/mol. The number of benzene rings is 2. The maximum atomic E-state index is 12.4. The molecule has 0 atom stereocenters. The lowest BCUT2D eigenvalue weighted by Gasteiger charge is -2.09. The van der Waals surface area contributed by atoms with Crippen molar-refractivity contribution in [2.75, 3.05) is 17.7 Å². The number of amides is 1. The van der Waals surface area contributed by atoms with Crippen LogP contribution in [0, 0.1) is 10.1 Å². The third kappa shape index (κ3) is 4.75. The molecule has 0 aliphatic carbocycles. The SMILES string of the molecule is C=CCn1c(SCC(=O)Nc2ccc(OCC)cc2[N+](=O)[O-])nc2ccccc21. The molecule has 0 aliphatic rings. The Bertz CT molecular complexity index is 1060. The standard InChI is InChI=1S/C20H20N4O4S/c1-3-11-23-17-8-6-5-7-15(17)22-20(23)29-13-19(25)21-16-10-9-14(28-4-2)12-18(16)24(26)27/h3,5-10,12H,1,4,11,13H2,2H3,(H,21,25). The van der Waals surface area contributed by atoms with E-state index in [9.17, 15) is 14.9 Å². The predicted octanol–water partition coefficient (Wildman–Crippen LogP) is 4.26. The van der Waals surface area contributed by atoms with Crippen molar-refractivity contribution in [1.29, 1.82) is 0 Å². The number of nitrogens with one attached hydrogen (secondary N) is 1. The summed E-state index contributed by atoms with van der Waals surface area (Å²) in [6, 6.07) is 12.0. The van der Waals surface area contributed by atoms with Crippen molar-refractivity contribution in [1.82, 2.24) is 9.55 Å². The van der Waals surface area contributed by atoms with Gasteiger partial charge in [0.1, 0.15) is 11.4 Å². The van der Waals surface area contributed by atoms with Gasteiger partial charge >= 0.3 is 0 Å². The maximum Gasteiger partial charge on any atom is 0.296 e. The summed E-state index contributed by atoms with van der Waals surface area (Å²) in [5.74, 6) is 0.0781. The van der Waals surface area contributed by atoms with Crippen LogP contribution in [-0.2, 0) is 11.3 Å². The van der Waals surface area contributed by atoms with Gasteiger partial charge in [-0.05, 0) is 31.2 Å². The number of rotatable bonds is 9. The van der Waals surface area contributed by atoms with Crippen molar-refractivity contribution in [3.05, 3.63) is 65.2 Å². The molecule has 29 heavy (non-hydrogen) atoms. The first kappa shape index (κ1) is 20.4. The highest BCUT2D eigenvalue weighted by molar-refractivity contribution is 7.99. The number of imidazole rings is 1. The van der Waals surface area contributed by atoms with E-state index in [2.05, 4.69) is 16.9 Å². The van der Waals surface area contributed by atoms with Crippen molar-refractivity contribution in [2.24, 2.45) is 0 Å². The second kappa shape index (κ2) is 9.24. The number of anilines is 1. The molecule has 3 rings (SSSR count). The fraction of sp³-hybridized carbons (Fsp3) is 0.200. The van der Waals surface area contributed by atoms with E-state index in [1.165, 1.54) is 23.9 Å². The van der Waals surface area contributed by atoms with Crippen LogP contribution in [0.25, 0.3) is 11.0 Å². The molecule has 8 nitrogen and oxygen atoms in total. The molecule has 1 heterocycles. The molecule has 0 aliphatic heterocycles. The maximum absolute atomic E-state index is 12.4. The third-order valence-corrected chi connectivity index (χ3v) is 4.99. The second-order valence-electron chi connectivity index (χ2n) is 5.99. The highest BCUT2D eigenvalue weighted by Gasteiger charge is 2.18. The fourth-order valence-electron chi connectivity index (χ4n) is 2.81. The number of nitro benzene ring substituents is 1. The van der Waals surface area contributed by atoms with Crippen LogP contribution in [0.1, 0.15) is 6.92 Å². The number of nitrogens with zero attached hydrogens (tertiary/aromatic N) is 3. The zero-order valence-electron chi connectivity index (χ0n) is 15.8. The summed E-state index contributed by atoms with van der Waals surface area (Å²) >= 11 is 1.26. The van der Waals surface area contributed by atoms with Gasteiger partial charge in [-0.2, -0.15) is 0 Å². The molecule has 0 radical (unpaired) electrons. The molecule has 2 aromatic carbocycles. The van der Waals surface area contributed by atoms with Gasteiger partial charge in [0.2, 0.25) is 5.91 Å². The van der Waals surface area contributed by atoms with Crippen LogP contribution in [-0.4, -0.2) is 32.7 Å². The number of carbonyl (C=O) groups is 1. The zero-order valence-corrected chi connectivity index (χ0v) is 16.6. The summed E-state index contributed by atoms with van der Waals surface area (Å²) in [5.41, 5.74) is 1.70. The number of hydrogen-bond acceptors (Lipinski definition) is 6. The van der Waals surface area contributed by atoms with Crippen LogP contribution in [0.5, 0.6) is 5.75 Å². The quantitative estimate of drug-likeness (QED) is 0.244. The monoisotopic (exact) mass is 412 g/mol. The summed E-state index contributed by atoms with van der Waals surface area (Å²) in [6.45, 7) is 6.52. The number of carbonyl (C=O) groups excluding carboxylic acids is 1. The third-order valence-electron chi connectivity index (χ3n) is 4.01. The van der Waals surface area contributed by atoms with E-state index >= 15 is 0 Å². The second-order valence-corrected chi connectivity index (χ2v) is 6.93. The Kier molecular flexibility index (Phi) is 6.50. The van der Waals surface area contributed by atoms with Crippen LogP contribution in [0.4, 0.5) is 11.4 Å². The van der Waals surface area contributed by atoms with Crippen molar-refractivity contribution >= 4 is 40.1 Å². The van der Waals surface area contributed by atoms with Crippen molar-refractivity contribution in [3.8, 4) is 5.75 Å². The summed E-state index contributed by atoms with van der Waals surface area (Å²) in [4.78, 5) is 27.8.